The number of hydrogen-bond acceptors (Lipinski definition) is 6. The Bertz CT molecular complexity index is 850. The van der Waals surface area contributed by atoms with E-state index in [1.165, 1.54) is 0 Å². The zero-order chi connectivity index (χ0) is 23.3. The van der Waals surface area contributed by atoms with Crippen molar-refractivity contribution in [2.45, 2.75) is 107 Å². The molecular weight excluding hydrogens is 414 g/mol. The van der Waals surface area contributed by atoms with Gasteiger partial charge < -0.3 is 30.9 Å². The molecule has 0 radical (unpaired) electrons. The van der Waals surface area contributed by atoms with Gasteiger partial charge in [-0.25, -0.2) is 4.79 Å². The highest BCUT2D eigenvalue weighted by atomic mass is 16.6. The fourth-order valence-electron chi connectivity index (χ4n) is 7.81. The van der Waals surface area contributed by atoms with E-state index in [0.29, 0.717) is 44.9 Å². The smallest absolute Gasteiger partial charge is 0.408 e. The number of nitrogens with zero attached hydrogens (tertiary/aromatic N) is 1. The zero-order valence-electron chi connectivity index (χ0n) is 19.1. The molecule has 9 nitrogen and oxygen atoms in total. The second kappa shape index (κ2) is 6.59. The SMILES string of the molecule is CC(C)(C)OC(=O)N[C@H](C(=O)N1[C@H](C(N)=O)C[C@@H]2C[C@@H]21)C12CC3C[C@@](O)(C1)C[C@](O)(C3)C2. The Labute approximate surface area is 188 Å². The van der Waals surface area contributed by atoms with Gasteiger partial charge in [0.1, 0.15) is 17.7 Å². The molecule has 32 heavy (non-hydrogen) atoms. The van der Waals surface area contributed by atoms with E-state index in [4.69, 9.17) is 10.5 Å². The lowest BCUT2D eigenvalue weighted by Crippen LogP contribution is -2.70. The van der Waals surface area contributed by atoms with E-state index in [0.717, 1.165) is 6.42 Å². The maximum atomic E-state index is 14.0. The van der Waals surface area contributed by atoms with Crippen LogP contribution in [0.1, 0.15) is 72.1 Å². The van der Waals surface area contributed by atoms with Crippen LogP contribution in [0.25, 0.3) is 0 Å². The number of ether oxygens (including phenoxy) is 1. The summed E-state index contributed by atoms with van der Waals surface area (Å²) in [6.45, 7) is 5.24. The molecule has 1 saturated heterocycles. The quantitative estimate of drug-likeness (QED) is 0.500. The average Bonchev–Trinajstić information content (AvgIpc) is 3.24. The van der Waals surface area contributed by atoms with Gasteiger partial charge in [0.05, 0.1) is 11.2 Å². The highest BCUT2D eigenvalue weighted by Gasteiger charge is 2.67. The first kappa shape index (κ1) is 21.9. The van der Waals surface area contributed by atoms with Crippen molar-refractivity contribution in [2.75, 3.05) is 0 Å². The maximum absolute atomic E-state index is 14.0. The number of hydrogen-bond donors (Lipinski definition) is 4. The van der Waals surface area contributed by atoms with Crippen LogP contribution in [0.15, 0.2) is 0 Å². The van der Waals surface area contributed by atoms with Crippen molar-refractivity contribution in [1.29, 1.82) is 0 Å². The van der Waals surface area contributed by atoms with Crippen molar-refractivity contribution >= 4 is 17.9 Å². The Balaban J connectivity index is 1.50. The van der Waals surface area contributed by atoms with Gasteiger partial charge >= 0.3 is 6.09 Å². The van der Waals surface area contributed by atoms with E-state index in [9.17, 15) is 24.6 Å². The molecule has 6 rings (SSSR count). The molecule has 4 bridgehead atoms. The minimum atomic E-state index is -1.06. The number of rotatable bonds is 4. The van der Waals surface area contributed by atoms with Crippen LogP contribution in [-0.2, 0) is 14.3 Å². The van der Waals surface area contributed by atoms with Crippen molar-refractivity contribution in [1.82, 2.24) is 10.2 Å². The van der Waals surface area contributed by atoms with Crippen LogP contribution in [0.4, 0.5) is 4.79 Å². The molecule has 5 saturated carbocycles. The van der Waals surface area contributed by atoms with Crippen molar-refractivity contribution in [3.05, 3.63) is 0 Å². The lowest BCUT2D eigenvalue weighted by Gasteiger charge is -2.64. The number of nitrogens with one attached hydrogen (secondary N) is 1. The minimum absolute atomic E-state index is 0.0389. The number of nitrogens with two attached hydrogens (primary N) is 1. The lowest BCUT2D eigenvalue weighted by molar-refractivity contribution is -0.236. The van der Waals surface area contributed by atoms with Gasteiger partial charge in [0.15, 0.2) is 0 Å². The Kier molecular flexibility index (Phi) is 4.52. The van der Waals surface area contributed by atoms with Gasteiger partial charge in [-0.2, -0.15) is 0 Å². The highest BCUT2D eigenvalue weighted by molar-refractivity contribution is 5.93. The van der Waals surface area contributed by atoms with E-state index < -0.39 is 46.3 Å². The first-order valence-corrected chi connectivity index (χ1v) is 11.8. The predicted octanol–water partition coefficient (Wildman–Crippen LogP) is 0.801. The molecule has 3 amide bonds. The number of carbonyl (C=O) groups is 3. The third-order valence-corrected chi connectivity index (χ3v) is 8.26. The van der Waals surface area contributed by atoms with Crippen molar-refractivity contribution in [2.24, 2.45) is 23.0 Å². The van der Waals surface area contributed by atoms with Gasteiger partial charge in [-0.05, 0) is 77.6 Å². The number of alkyl carbamates (subject to hydrolysis) is 1. The van der Waals surface area contributed by atoms with Gasteiger partial charge in [-0.1, -0.05) is 0 Å². The van der Waals surface area contributed by atoms with Crippen molar-refractivity contribution in [3.63, 3.8) is 0 Å². The van der Waals surface area contributed by atoms with Crippen LogP contribution in [0.3, 0.4) is 0 Å². The monoisotopic (exact) mass is 449 g/mol. The maximum Gasteiger partial charge on any atom is 0.408 e. The normalized spacial score (nSPS) is 44.7. The number of primary amides is 1. The summed E-state index contributed by atoms with van der Waals surface area (Å²) in [6.07, 6.45) is 3.45. The summed E-state index contributed by atoms with van der Waals surface area (Å²) in [5, 5.41) is 25.3. The molecule has 6 fully saturated rings. The van der Waals surface area contributed by atoms with Crippen LogP contribution in [0, 0.1) is 17.3 Å². The van der Waals surface area contributed by atoms with Crippen molar-refractivity contribution in [3.8, 4) is 0 Å². The Hall–Kier alpha value is -1.87. The third kappa shape index (κ3) is 3.57. The Morgan fingerprint density at radius 1 is 1.06 bits per heavy atom. The molecule has 0 aromatic rings. The summed E-state index contributed by atoms with van der Waals surface area (Å²) in [5.41, 5.74) is 1.95. The molecule has 2 unspecified atom stereocenters. The van der Waals surface area contributed by atoms with E-state index in [2.05, 4.69) is 5.32 Å². The molecule has 5 N–H and O–H groups in total. The molecule has 0 spiro atoms. The Morgan fingerprint density at radius 3 is 2.22 bits per heavy atom. The van der Waals surface area contributed by atoms with Crippen LogP contribution in [0.2, 0.25) is 0 Å². The van der Waals surface area contributed by atoms with Gasteiger partial charge in [0.2, 0.25) is 11.8 Å². The lowest BCUT2D eigenvalue weighted by atomic mass is 9.44. The fraction of sp³-hybridized carbons (Fsp3) is 0.870. The van der Waals surface area contributed by atoms with E-state index in [1.54, 1.807) is 25.7 Å². The van der Waals surface area contributed by atoms with E-state index in [-0.39, 0.29) is 23.8 Å². The van der Waals surface area contributed by atoms with Crippen LogP contribution < -0.4 is 11.1 Å². The molecular formula is C23H35N3O6. The molecule has 8 atom stereocenters. The second-order valence-corrected chi connectivity index (χ2v) is 12.4. The van der Waals surface area contributed by atoms with Gasteiger partial charge in [-0.15, -0.1) is 0 Å². The summed E-state index contributed by atoms with van der Waals surface area (Å²) in [4.78, 5) is 40.5. The average molecular weight is 450 g/mol. The number of aliphatic hydroxyl groups is 2. The molecule has 0 aromatic heterocycles. The molecule has 5 aliphatic carbocycles. The molecule has 178 valence electrons. The zero-order valence-corrected chi connectivity index (χ0v) is 19.1. The van der Waals surface area contributed by atoms with Gasteiger partial charge in [0.25, 0.3) is 0 Å². The first-order valence-electron chi connectivity index (χ1n) is 11.8. The van der Waals surface area contributed by atoms with Crippen molar-refractivity contribution < 1.29 is 29.3 Å². The number of likely N-dealkylation sites (tertiary alicyclic amines) is 1. The molecule has 6 aliphatic rings. The Morgan fingerprint density at radius 2 is 1.69 bits per heavy atom. The standard InChI is InChI=1S/C23H35N3O6/c1-20(2,3)32-19(29)25-16(18(28)26-14-4-13(14)5-15(26)17(24)27)21-6-12-7-22(30,9-21)11-23(31,8-12)10-21/h12-16,30-31H,4-11H2,1-3H3,(H2,24,27)(H,25,29)/t12?,13-,14-,15-,16+,21?,22-,23+/m0/s1. The first-order chi connectivity index (χ1) is 14.7. The van der Waals surface area contributed by atoms with E-state index in [1.807, 2.05) is 0 Å². The molecule has 0 aromatic carbocycles. The number of carbonyl (C=O) groups excluding carboxylic acids is 3. The summed E-state index contributed by atoms with van der Waals surface area (Å²) in [7, 11) is 0. The highest BCUT2D eigenvalue weighted by Crippen LogP contribution is 2.64. The summed E-state index contributed by atoms with van der Waals surface area (Å²) >= 11 is 0. The summed E-state index contributed by atoms with van der Waals surface area (Å²) < 4.78 is 5.47. The topological polar surface area (TPSA) is 142 Å². The van der Waals surface area contributed by atoms with E-state index >= 15 is 0 Å². The number of fused-ring (bicyclic) bond motifs is 1. The molecule has 1 heterocycles. The summed E-state index contributed by atoms with van der Waals surface area (Å²) in [5.74, 6) is -0.539. The second-order valence-electron chi connectivity index (χ2n) is 12.4. The third-order valence-electron chi connectivity index (χ3n) is 8.26. The van der Waals surface area contributed by atoms with Gasteiger partial charge in [-0.3, -0.25) is 9.59 Å². The number of piperidine rings is 1. The van der Waals surface area contributed by atoms with Crippen LogP contribution in [-0.4, -0.2) is 67.9 Å². The summed E-state index contributed by atoms with van der Waals surface area (Å²) in [6, 6.07) is -1.72. The van der Waals surface area contributed by atoms with Gasteiger partial charge in [0, 0.05) is 17.9 Å². The predicted molar refractivity (Wildman–Crippen MR) is 113 cm³/mol. The minimum Gasteiger partial charge on any atom is -0.444 e. The fourth-order valence-corrected chi connectivity index (χ4v) is 7.81. The van der Waals surface area contributed by atoms with Crippen LogP contribution in [0.5, 0.6) is 0 Å². The number of amides is 3. The largest absolute Gasteiger partial charge is 0.444 e. The molecule has 1 aliphatic heterocycles. The van der Waals surface area contributed by atoms with Crippen LogP contribution >= 0.6 is 0 Å². The molecule has 9 heteroatoms.